The Bertz CT molecular complexity index is 626. The number of hydrogen-bond acceptors (Lipinski definition) is 4. The summed E-state index contributed by atoms with van der Waals surface area (Å²) in [6, 6.07) is 15.1. The predicted octanol–water partition coefficient (Wildman–Crippen LogP) is 2.56. The van der Waals surface area contributed by atoms with Gasteiger partial charge in [0.05, 0.1) is 18.5 Å². The lowest BCUT2D eigenvalue weighted by Crippen LogP contribution is -2.19. The molecule has 0 fully saturated rings. The minimum Gasteiger partial charge on any atom is -0.495 e. The van der Waals surface area contributed by atoms with Gasteiger partial charge in [-0.1, -0.05) is 29.4 Å². The molecule has 3 N–H and O–H groups in total. The highest BCUT2D eigenvalue weighted by atomic mass is 16.5. The molecule has 0 bridgehead atoms. The number of amidine groups is 1. The van der Waals surface area contributed by atoms with E-state index in [0.717, 1.165) is 17.1 Å². The van der Waals surface area contributed by atoms with Crippen LogP contribution in [0.25, 0.3) is 0 Å². The molecule has 0 atom stereocenters. The summed E-state index contributed by atoms with van der Waals surface area (Å²) in [4.78, 5) is 1.94. The summed E-state index contributed by atoms with van der Waals surface area (Å²) in [6.45, 7) is 0. The molecule has 104 valence electrons. The van der Waals surface area contributed by atoms with Crippen LogP contribution in [-0.2, 0) is 0 Å². The molecule has 0 aliphatic carbocycles. The topological polar surface area (TPSA) is 71.1 Å². The quantitative estimate of drug-likeness (QED) is 0.388. The van der Waals surface area contributed by atoms with E-state index in [0.29, 0.717) is 5.56 Å². The van der Waals surface area contributed by atoms with Gasteiger partial charge in [-0.15, -0.1) is 0 Å². The SMILES string of the molecule is COc1ccccc1N(C)c1ccccc1C(N)=NO. The molecule has 0 heterocycles. The van der Waals surface area contributed by atoms with Crippen molar-refractivity contribution >= 4 is 17.2 Å². The van der Waals surface area contributed by atoms with Crippen molar-refractivity contribution in [2.24, 2.45) is 10.9 Å². The zero-order chi connectivity index (χ0) is 14.5. The molecule has 2 rings (SSSR count). The average Bonchev–Trinajstić information content (AvgIpc) is 2.53. The Labute approximate surface area is 117 Å². The molecule has 0 aliphatic heterocycles. The van der Waals surface area contributed by atoms with E-state index in [1.54, 1.807) is 13.2 Å². The van der Waals surface area contributed by atoms with Crippen LogP contribution in [0.15, 0.2) is 53.7 Å². The highest BCUT2D eigenvalue weighted by molar-refractivity contribution is 6.03. The number of para-hydroxylation sites is 3. The van der Waals surface area contributed by atoms with Crippen molar-refractivity contribution in [1.29, 1.82) is 0 Å². The van der Waals surface area contributed by atoms with Gasteiger partial charge in [-0.25, -0.2) is 0 Å². The van der Waals surface area contributed by atoms with Gasteiger partial charge in [0, 0.05) is 12.6 Å². The molecule has 0 amide bonds. The number of oxime groups is 1. The number of ether oxygens (including phenoxy) is 1. The van der Waals surface area contributed by atoms with Crippen molar-refractivity contribution in [1.82, 2.24) is 0 Å². The van der Waals surface area contributed by atoms with Crippen molar-refractivity contribution in [3.05, 3.63) is 54.1 Å². The smallest absolute Gasteiger partial charge is 0.172 e. The number of nitrogens with two attached hydrogens (primary N) is 1. The summed E-state index contributed by atoms with van der Waals surface area (Å²) in [5.74, 6) is 0.826. The summed E-state index contributed by atoms with van der Waals surface area (Å²) in [6.07, 6.45) is 0. The Balaban J connectivity index is 2.51. The van der Waals surface area contributed by atoms with Crippen molar-refractivity contribution in [3.8, 4) is 5.75 Å². The first kappa shape index (κ1) is 13.7. The first-order valence-corrected chi connectivity index (χ1v) is 6.12. The Morgan fingerprint density at radius 2 is 1.70 bits per heavy atom. The van der Waals surface area contributed by atoms with Gasteiger partial charge in [0.1, 0.15) is 5.75 Å². The second-order valence-corrected chi connectivity index (χ2v) is 4.23. The molecule has 2 aromatic rings. The second-order valence-electron chi connectivity index (χ2n) is 4.23. The zero-order valence-corrected chi connectivity index (χ0v) is 11.4. The first-order chi connectivity index (χ1) is 9.69. The molecule has 0 radical (unpaired) electrons. The van der Waals surface area contributed by atoms with E-state index >= 15 is 0 Å². The summed E-state index contributed by atoms with van der Waals surface area (Å²) in [7, 11) is 3.53. The number of hydrogen-bond donors (Lipinski definition) is 2. The van der Waals surface area contributed by atoms with Crippen LogP contribution in [0.4, 0.5) is 11.4 Å². The van der Waals surface area contributed by atoms with Crippen LogP contribution in [0.3, 0.4) is 0 Å². The molecule has 5 nitrogen and oxygen atoms in total. The van der Waals surface area contributed by atoms with Gasteiger partial charge in [0.25, 0.3) is 0 Å². The Kier molecular flexibility index (Phi) is 4.10. The Morgan fingerprint density at radius 3 is 2.35 bits per heavy atom. The van der Waals surface area contributed by atoms with E-state index in [1.807, 2.05) is 54.4 Å². The highest BCUT2D eigenvalue weighted by Crippen LogP contribution is 2.33. The Hall–Kier alpha value is -2.69. The molecule has 20 heavy (non-hydrogen) atoms. The van der Waals surface area contributed by atoms with Crippen molar-refractivity contribution in [3.63, 3.8) is 0 Å². The summed E-state index contributed by atoms with van der Waals surface area (Å²) >= 11 is 0. The van der Waals surface area contributed by atoms with Gasteiger partial charge in [-0.3, -0.25) is 0 Å². The molecule has 0 aliphatic rings. The first-order valence-electron chi connectivity index (χ1n) is 6.12. The van der Waals surface area contributed by atoms with Gasteiger partial charge in [0.15, 0.2) is 5.84 Å². The lowest BCUT2D eigenvalue weighted by Gasteiger charge is -2.24. The van der Waals surface area contributed by atoms with Crippen molar-refractivity contribution in [2.75, 3.05) is 19.1 Å². The molecule has 0 saturated heterocycles. The third kappa shape index (κ3) is 2.51. The lowest BCUT2D eigenvalue weighted by atomic mass is 10.1. The van der Waals surface area contributed by atoms with Crippen molar-refractivity contribution < 1.29 is 9.94 Å². The number of anilines is 2. The largest absolute Gasteiger partial charge is 0.495 e. The molecule has 5 heteroatoms. The molecule has 0 spiro atoms. The van der Waals surface area contributed by atoms with Crippen LogP contribution in [0.1, 0.15) is 5.56 Å². The van der Waals surface area contributed by atoms with E-state index in [1.165, 1.54) is 0 Å². The van der Waals surface area contributed by atoms with Crippen LogP contribution in [0.5, 0.6) is 5.75 Å². The average molecular weight is 271 g/mol. The van der Waals surface area contributed by atoms with Gasteiger partial charge >= 0.3 is 0 Å². The fourth-order valence-corrected chi connectivity index (χ4v) is 2.07. The molecular weight excluding hydrogens is 254 g/mol. The number of methoxy groups -OCH3 is 1. The minimum absolute atomic E-state index is 0.0716. The monoisotopic (exact) mass is 271 g/mol. The molecule has 0 aromatic heterocycles. The summed E-state index contributed by atoms with van der Waals surface area (Å²) in [5, 5.41) is 12.0. The van der Waals surface area contributed by atoms with Gasteiger partial charge in [0.2, 0.25) is 0 Å². The number of nitrogens with zero attached hydrogens (tertiary/aromatic N) is 2. The minimum atomic E-state index is 0.0716. The van der Waals surface area contributed by atoms with E-state index in [4.69, 9.17) is 15.7 Å². The van der Waals surface area contributed by atoms with E-state index in [2.05, 4.69) is 5.16 Å². The number of benzene rings is 2. The summed E-state index contributed by atoms with van der Waals surface area (Å²) in [5.41, 5.74) is 8.10. The van der Waals surface area contributed by atoms with Crippen LogP contribution >= 0.6 is 0 Å². The maximum Gasteiger partial charge on any atom is 0.172 e. The predicted molar refractivity (Wildman–Crippen MR) is 80.0 cm³/mol. The molecule has 0 unspecified atom stereocenters. The van der Waals surface area contributed by atoms with Gasteiger partial charge in [-0.2, -0.15) is 0 Å². The van der Waals surface area contributed by atoms with Crippen LogP contribution in [-0.4, -0.2) is 25.2 Å². The fourth-order valence-electron chi connectivity index (χ4n) is 2.07. The maximum atomic E-state index is 8.89. The summed E-state index contributed by atoms with van der Waals surface area (Å²) < 4.78 is 5.36. The van der Waals surface area contributed by atoms with Crippen LogP contribution in [0, 0.1) is 0 Å². The standard InChI is InChI=1S/C15H17N3O2/c1-18(13-9-5-6-10-14(13)20-2)12-8-4-3-7-11(12)15(16)17-19/h3-10,19H,1-2H3,(H2,16,17). The zero-order valence-electron chi connectivity index (χ0n) is 11.4. The van der Waals surface area contributed by atoms with Crippen molar-refractivity contribution in [2.45, 2.75) is 0 Å². The highest BCUT2D eigenvalue weighted by Gasteiger charge is 2.14. The lowest BCUT2D eigenvalue weighted by molar-refractivity contribution is 0.318. The van der Waals surface area contributed by atoms with E-state index < -0.39 is 0 Å². The molecule has 0 saturated carbocycles. The third-order valence-electron chi connectivity index (χ3n) is 3.10. The molecular formula is C15H17N3O2. The van der Waals surface area contributed by atoms with Crippen LogP contribution < -0.4 is 15.4 Å². The van der Waals surface area contributed by atoms with Crippen LogP contribution in [0.2, 0.25) is 0 Å². The second kappa shape index (κ2) is 5.97. The maximum absolute atomic E-state index is 8.89. The number of rotatable bonds is 4. The van der Waals surface area contributed by atoms with Gasteiger partial charge in [-0.05, 0) is 24.3 Å². The van der Waals surface area contributed by atoms with E-state index in [-0.39, 0.29) is 5.84 Å². The molecule has 2 aromatic carbocycles. The normalized spacial score (nSPS) is 11.2. The fraction of sp³-hybridized carbons (Fsp3) is 0.133. The van der Waals surface area contributed by atoms with E-state index in [9.17, 15) is 0 Å². The Morgan fingerprint density at radius 1 is 1.10 bits per heavy atom. The third-order valence-corrected chi connectivity index (χ3v) is 3.10. The van der Waals surface area contributed by atoms with Gasteiger partial charge < -0.3 is 20.6 Å².